The van der Waals surface area contributed by atoms with Crippen LogP contribution in [0.25, 0.3) is 0 Å². The van der Waals surface area contributed by atoms with Gasteiger partial charge < -0.3 is 4.74 Å². The van der Waals surface area contributed by atoms with Crippen molar-refractivity contribution in [1.29, 1.82) is 0 Å². The molecule has 0 saturated heterocycles. The lowest BCUT2D eigenvalue weighted by Gasteiger charge is -2.28. The van der Waals surface area contributed by atoms with E-state index in [-0.39, 0.29) is 11.5 Å². The van der Waals surface area contributed by atoms with E-state index in [9.17, 15) is 4.79 Å². The number of hydrogen-bond donors (Lipinski definition) is 0. The first-order valence-electron chi connectivity index (χ1n) is 7.32. The number of rotatable bonds is 2. The summed E-state index contributed by atoms with van der Waals surface area (Å²) in [5, 5.41) is 0. The second-order valence-electron chi connectivity index (χ2n) is 6.61. The van der Waals surface area contributed by atoms with Crippen molar-refractivity contribution in [2.45, 2.75) is 51.6 Å². The maximum absolute atomic E-state index is 12.5. The molecule has 0 bridgehead atoms. The van der Waals surface area contributed by atoms with Crippen LogP contribution in [0.4, 0.5) is 10.6 Å². The molecule has 0 saturated carbocycles. The molecule has 1 aliphatic heterocycles. The van der Waals surface area contributed by atoms with E-state index in [1.165, 1.54) is 0 Å². The van der Waals surface area contributed by atoms with Crippen molar-refractivity contribution in [3.05, 3.63) is 22.3 Å². The number of ether oxygens (including phenoxy) is 1. The number of pyridine rings is 1. The Morgan fingerprint density at radius 2 is 2.27 bits per heavy atom. The van der Waals surface area contributed by atoms with E-state index < -0.39 is 5.60 Å². The third-order valence-electron chi connectivity index (χ3n) is 3.85. The van der Waals surface area contributed by atoms with E-state index in [0.29, 0.717) is 18.8 Å². The summed E-state index contributed by atoms with van der Waals surface area (Å²) in [7, 11) is 0. The van der Waals surface area contributed by atoms with Crippen molar-refractivity contribution >= 4 is 27.8 Å². The molecule has 0 aromatic carbocycles. The average Bonchev–Trinajstić information content (AvgIpc) is 2.72. The van der Waals surface area contributed by atoms with Gasteiger partial charge in [0, 0.05) is 34.6 Å². The zero-order valence-corrected chi connectivity index (χ0v) is 15.0. The molecule has 1 aliphatic rings. The topological polar surface area (TPSA) is 42.4 Å². The van der Waals surface area contributed by atoms with Gasteiger partial charge in [-0.25, -0.2) is 9.78 Å². The summed E-state index contributed by atoms with van der Waals surface area (Å²) in [5.74, 6) is 3.40. The Labute approximate surface area is 140 Å². The quantitative estimate of drug-likeness (QED) is 0.735. The summed E-state index contributed by atoms with van der Waals surface area (Å²) in [6.07, 6.45) is 8.28. The second kappa shape index (κ2) is 5.92. The molecule has 1 amide bonds. The van der Waals surface area contributed by atoms with Crippen LogP contribution in [0.2, 0.25) is 0 Å². The third kappa shape index (κ3) is 3.12. The Bertz CT molecular complexity index is 631. The molecule has 22 heavy (non-hydrogen) atoms. The highest BCUT2D eigenvalue weighted by Gasteiger charge is 2.45. The predicted molar refractivity (Wildman–Crippen MR) is 90.9 cm³/mol. The molecule has 0 N–H and O–H groups in total. The zero-order chi connectivity index (χ0) is 16.5. The normalized spacial score (nSPS) is 20.5. The molecule has 0 spiro atoms. The van der Waals surface area contributed by atoms with E-state index in [1.807, 2.05) is 26.8 Å². The molecular formula is C17H21BrN2O2. The van der Waals surface area contributed by atoms with Gasteiger partial charge in [0.25, 0.3) is 0 Å². The summed E-state index contributed by atoms with van der Waals surface area (Å²) < 4.78 is 6.39. The second-order valence-corrected chi connectivity index (χ2v) is 7.52. The minimum absolute atomic E-state index is 0.266. The van der Waals surface area contributed by atoms with Gasteiger partial charge in [-0.3, -0.25) is 4.90 Å². The van der Waals surface area contributed by atoms with Crippen LogP contribution < -0.4 is 4.90 Å². The van der Waals surface area contributed by atoms with Gasteiger partial charge in [0.05, 0.1) is 0 Å². The van der Waals surface area contributed by atoms with E-state index in [1.54, 1.807) is 11.1 Å². The van der Waals surface area contributed by atoms with E-state index in [2.05, 4.69) is 33.8 Å². The van der Waals surface area contributed by atoms with Gasteiger partial charge in [-0.1, -0.05) is 6.92 Å². The van der Waals surface area contributed by atoms with Crippen molar-refractivity contribution in [3.63, 3.8) is 0 Å². The first-order valence-corrected chi connectivity index (χ1v) is 8.12. The summed E-state index contributed by atoms with van der Waals surface area (Å²) in [6, 6.07) is 2.01. The summed E-state index contributed by atoms with van der Waals surface area (Å²) in [5.41, 5.74) is 0.196. The molecule has 2 heterocycles. The van der Waals surface area contributed by atoms with Crippen LogP contribution in [0.15, 0.2) is 16.7 Å². The highest BCUT2D eigenvalue weighted by Crippen LogP contribution is 2.45. The average molecular weight is 365 g/mol. The standard InChI is InChI=1S/C17H21BrN2O2/c1-6-8-17(7-2)11-20(15(21)22-16(3,4)5)14-13(17)9-12(18)10-19-14/h1,9-10H,7-8,11H2,2-5H3. The maximum Gasteiger partial charge on any atom is 0.416 e. The van der Waals surface area contributed by atoms with Gasteiger partial charge >= 0.3 is 6.09 Å². The molecule has 0 aliphatic carbocycles. The van der Waals surface area contributed by atoms with E-state index in [4.69, 9.17) is 11.2 Å². The van der Waals surface area contributed by atoms with Crippen molar-refractivity contribution in [3.8, 4) is 12.3 Å². The summed E-state index contributed by atoms with van der Waals surface area (Å²) >= 11 is 3.45. The molecule has 1 atom stereocenters. The number of fused-ring (bicyclic) bond motifs is 1. The van der Waals surface area contributed by atoms with Gasteiger partial charge in [0.1, 0.15) is 11.4 Å². The van der Waals surface area contributed by atoms with Crippen LogP contribution in [0.3, 0.4) is 0 Å². The van der Waals surface area contributed by atoms with Crippen LogP contribution in [0.5, 0.6) is 0 Å². The molecule has 1 aromatic heterocycles. The van der Waals surface area contributed by atoms with Gasteiger partial charge in [0.15, 0.2) is 0 Å². The van der Waals surface area contributed by atoms with Crippen LogP contribution in [-0.2, 0) is 10.2 Å². The Kier molecular flexibility index (Phi) is 4.53. The SMILES string of the molecule is C#CCC1(CC)CN(C(=O)OC(C)(C)C)c2ncc(Br)cc21. The number of halogens is 1. The fourth-order valence-corrected chi connectivity index (χ4v) is 3.07. The Morgan fingerprint density at radius 3 is 2.82 bits per heavy atom. The van der Waals surface area contributed by atoms with Crippen molar-refractivity contribution in [2.75, 3.05) is 11.4 Å². The fraction of sp³-hybridized carbons (Fsp3) is 0.529. The molecule has 1 unspecified atom stereocenters. The molecular weight excluding hydrogens is 344 g/mol. The Morgan fingerprint density at radius 1 is 1.59 bits per heavy atom. The lowest BCUT2D eigenvalue weighted by Crippen LogP contribution is -2.40. The number of nitrogens with zero attached hydrogens (tertiary/aromatic N) is 2. The molecule has 1 aromatic rings. The van der Waals surface area contributed by atoms with Crippen LogP contribution in [-0.4, -0.2) is 23.2 Å². The highest BCUT2D eigenvalue weighted by molar-refractivity contribution is 9.10. The van der Waals surface area contributed by atoms with E-state index >= 15 is 0 Å². The van der Waals surface area contributed by atoms with Crippen molar-refractivity contribution in [1.82, 2.24) is 4.98 Å². The van der Waals surface area contributed by atoms with E-state index in [0.717, 1.165) is 16.5 Å². The predicted octanol–water partition coefficient (Wildman–Crippen LogP) is 4.27. The smallest absolute Gasteiger partial charge is 0.416 e. The van der Waals surface area contributed by atoms with Gasteiger partial charge in [0.2, 0.25) is 0 Å². The number of aromatic nitrogens is 1. The Balaban J connectivity index is 2.46. The minimum atomic E-state index is -0.545. The number of carbonyl (C=O) groups is 1. The molecule has 5 heteroatoms. The summed E-state index contributed by atoms with van der Waals surface area (Å²) in [6.45, 7) is 8.14. The lowest BCUT2D eigenvalue weighted by molar-refractivity contribution is 0.0577. The number of amides is 1. The van der Waals surface area contributed by atoms with Gasteiger partial charge in [-0.05, 0) is 49.2 Å². The zero-order valence-electron chi connectivity index (χ0n) is 13.4. The van der Waals surface area contributed by atoms with Crippen LogP contribution in [0.1, 0.15) is 46.1 Å². The monoisotopic (exact) mass is 364 g/mol. The lowest BCUT2D eigenvalue weighted by atomic mass is 9.78. The largest absolute Gasteiger partial charge is 0.443 e. The third-order valence-corrected chi connectivity index (χ3v) is 4.29. The molecule has 4 nitrogen and oxygen atoms in total. The fourth-order valence-electron chi connectivity index (χ4n) is 2.74. The van der Waals surface area contributed by atoms with Crippen LogP contribution >= 0.6 is 15.9 Å². The minimum Gasteiger partial charge on any atom is -0.443 e. The number of anilines is 1. The summed E-state index contributed by atoms with van der Waals surface area (Å²) in [4.78, 5) is 18.5. The molecule has 0 fully saturated rings. The van der Waals surface area contributed by atoms with Crippen molar-refractivity contribution in [2.24, 2.45) is 0 Å². The van der Waals surface area contributed by atoms with Gasteiger partial charge in [-0.15, -0.1) is 12.3 Å². The number of carbonyl (C=O) groups excluding carboxylic acids is 1. The maximum atomic E-state index is 12.5. The van der Waals surface area contributed by atoms with Gasteiger partial charge in [-0.2, -0.15) is 0 Å². The first kappa shape index (κ1) is 16.8. The molecule has 118 valence electrons. The number of hydrogen-bond acceptors (Lipinski definition) is 3. The molecule has 0 radical (unpaired) electrons. The van der Waals surface area contributed by atoms with Crippen LogP contribution in [0, 0.1) is 12.3 Å². The molecule has 2 rings (SSSR count). The number of terminal acetylenes is 1. The van der Waals surface area contributed by atoms with Crippen molar-refractivity contribution < 1.29 is 9.53 Å². The Hall–Kier alpha value is -1.54. The first-order chi connectivity index (χ1) is 10.2. The highest BCUT2D eigenvalue weighted by atomic mass is 79.9.